The van der Waals surface area contributed by atoms with Gasteiger partial charge in [0.05, 0.1) is 34.3 Å². The van der Waals surface area contributed by atoms with Gasteiger partial charge in [0.15, 0.2) is 5.82 Å². The number of hydrogen-bond acceptors (Lipinski definition) is 6. The van der Waals surface area contributed by atoms with Crippen molar-refractivity contribution in [2.45, 2.75) is 0 Å². The standard InChI is InChI=1S/C47H29N5S/c1-4-11-30(12-5-1)35-17-10-18-37(27-35)47-49-41(32-13-6-2-7-14-32)29-42(50-47)33-21-19-31(20-22-33)36-23-24-38-43(28-36)48-45(34-15-8-3-9-16-34)39-25-26-40-46(44(38)39)52-53-51-40/h1-29H. The third-order valence-electron chi connectivity index (χ3n) is 9.77. The molecule has 3 aromatic heterocycles. The summed E-state index contributed by atoms with van der Waals surface area (Å²) in [5.41, 5.74) is 14.0. The van der Waals surface area contributed by atoms with Crippen LogP contribution in [0, 0.1) is 0 Å². The Morgan fingerprint density at radius 3 is 1.62 bits per heavy atom. The third kappa shape index (κ3) is 5.72. The van der Waals surface area contributed by atoms with Crippen LogP contribution < -0.4 is 0 Å². The van der Waals surface area contributed by atoms with Crippen molar-refractivity contribution in [2.24, 2.45) is 0 Å². The minimum Gasteiger partial charge on any atom is -0.247 e. The van der Waals surface area contributed by atoms with Crippen LogP contribution in [0.1, 0.15) is 0 Å². The topological polar surface area (TPSA) is 64.5 Å². The minimum absolute atomic E-state index is 0.690. The van der Waals surface area contributed by atoms with E-state index in [0.717, 1.165) is 94.3 Å². The zero-order chi connectivity index (χ0) is 35.1. The summed E-state index contributed by atoms with van der Waals surface area (Å²) in [5.74, 6) is 0.690. The number of pyridine rings is 1. The Bertz CT molecular complexity index is 2930. The highest BCUT2D eigenvalue weighted by Gasteiger charge is 2.16. The lowest BCUT2D eigenvalue weighted by Crippen LogP contribution is -1.96. The van der Waals surface area contributed by atoms with E-state index in [9.17, 15) is 0 Å². The fourth-order valence-electron chi connectivity index (χ4n) is 7.12. The predicted molar refractivity (Wildman–Crippen MR) is 218 cm³/mol. The molecule has 53 heavy (non-hydrogen) atoms. The fourth-order valence-corrected chi connectivity index (χ4v) is 7.66. The van der Waals surface area contributed by atoms with Crippen molar-refractivity contribution in [3.8, 4) is 67.4 Å². The van der Waals surface area contributed by atoms with Crippen LogP contribution in [0.15, 0.2) is 176 Å². The zero-order valence-electron chi connectivity index (χ0n) is 28.4. The van der Waals surface area contributed by atoms with Gasteiger partial charge in [-0.1, -0.05) is 146 Å². The molecule has 0 atom stereocenters. The lowest BCUT2D eigenvalue weighted by Gasteiger charge is -2.12. The number of hydrogen-bond donors (Lipinski definition) is 0. The molecule has 248 valence electrons. The Morgan fingerprint density at radius 2 is 0.887 bits per heavy atom. The summed E-state index contributed by atoms with van der Waals surface area (Å²) in [6.07, 6.45) is 0. The van der Waals surface area contributed by atoms with E-state index >= 15 is 0 Å². The Morgan fingerprint density at radius 1 is 0.340 bits per heavy atom. The van der Waals surface area contributed by atoms with Crippen LogP contribution in [0.25, 0.3) is 100 Å². The van der Waals surface area contributed by atoms with Gasteiger partial charge in [0.2, 0.25) is 0 Å². The third-order valence-corrected chi connectivity index (χ3v) is 10.3. The Kier molecular flexibility index (Phi) is 7.59. The minimum atomic E-state index is 0.690. The molecule has 0 saturated heterocycles. The molecule has 10 aromatic rings. The molecule has 0 saturated carbocycles. The average molecular weight is 696 g/mol. The number of aromatic nitrogens is 5. The van der Waals surface area contributed by atoms with Crippen molar-refractivity contribution < 1.29 is 0 Å². The second-order valence-electron chi connectivity index (χ2n) is 13.0. The molecule has 0 aliphatic heterocycles. The van der Waals surface area contributed by atoms with Gasteiger partial charge in [-0.25, -0.2) is 15.0 Å². The molecule has 6 heteroatoms. The molecule has 0 amide bonds. The highest BCUT2D eigenvalue weighted by molar-refractivity contribution is 7.00. The van der Waals surface area contributed by atoms with Crippen molar-refractivity contribution in [2.75, 3.05) is 0 Å². The first-order valence-electron chi connectivity index (χ1n) is 17.5. The van der Waals surface area contributed by atoms with E-state index in [1.165, 1.54) is 11.7 Å². The maximum Gasteiger partial charge on any atom is 0.160 e. The molecular weight excluding hydrogens is 667 g/mol. The molecule has 0 spiro atoms. The monoisotopic (exact) mass is 695 g/mol. The molecule has 0 radical (unpaired) electrons. The van der Waals surface area contributed by atoms with E-state index in [1.54, 1.807) is 0 Å². The molecule has 0 aliphatic carbocycles. The van der Waals surface area contributed by atoms with Crippen LogP contribution in [-0.2, 0) is 0 Å². The Hall–Kier alpha value is -6.89. The fraction of sp³-hybridized carbons (Fsp3) is 0. The zero-order valence-corrected chi connectivity index (χ0v) is 29.2. The van der Waals surface area contributed by atoms with E-state index in [4.69, 9.17) is 19.3 Å². The first kappa shape index (κ1) is 30.9. The van der Waals surface area contributed by atoms with Gasteiger partial charge in [-0.3, -0.25) is 0 Å². The summed E-state index contributed by atoms with van der Waals surface area (Å²) in [5, 5.41) is 3.23. The summed E-state index contributed by atoms with van der Waals surface area (Å²) >= 11 is 1.25. The van der Waals surface area contributed by atoms with Crippen LogP contribution in [0.3, 0.4) is 0 Å². The van der Waals surface area contributed by atoms with Crippen molar-refractivity contribution in [1.29, 1.82) is 0 Å². The van der Waals surface area contributed by atoms with Gasteiger partial charge >= 0.3 is 0 Å². The number of fused-ring (bicyclic) bond motifs is 5. The molecule has 0 fully saturated rings. The number of rotatable bonds is 6. The molecule has 10 rings (SSSR count). The van der Waals surface area contributed by atoms with Crippen molar-refractivity contribution in [3.63, 3.8) is 0 Å². The van der Waals surface area contributed by atoms with Crippen molar-refractivity contribution in [3.05, 3.63) is 176 Å². The molecule has 7 aromatic carbocycles. The number of nitrogens with zero attached hydrogens (tertiary/aromatic N) is 5. The van der Waals surface area contributed by atoms with E-state index in [0.29, 0.717) is 5.82 Å². The maximum atomic E-state index is 5.26. The second-order valence-corrected chi connectivity index (χ2v) is 13.6. The van der Waals surface area contributed by atoms with E-state index in [2.05, 4.69) is 144 Å². The molecular formula is C47H29N5S. The van der Waals surface area contributed by atoms with Crippen LogP contribution in [0.5, 0.6) is 0 Å². The van der Waals surface area contributed by atoms with Crippen LogP contribution in [-0.4, -0.2) is 23.7 Å². The van der Waals surface area contributed by atoms with E-state index < -0.39 is 0 Å². The molecule has 0 bridgehead atoms. The van der Waals surface area contributed by atoms with Gasteiger partial charge in [0.1, 0.15) is 11.0 Å². The van der Waals surface area contributed by atoms with Crippen molar-refractivity contribution >= 4 is 44.4 Å². The van der Waals surface area contributed by atoms with Gasteiger partial charge in [-0.15, -0.1) is 0 Å². The van der Waals surface area contributed by atoms with E-state index in [-0.39, 0.29) is 0 Å². The molecule has 0 aliphatic rings. The second kappa shape index (κ2) is 13.0. The van der Waals surface area contributed by atoms with Crippen LogP contribution in [0.4, 0.5) is 0 Å². The highest BCUT2D eigenvalue weighted by atomic mass is 32.1. The average Bonchev–Trinajstić information content (AvgIpc) is 3.74. The maximum absolute atomic E-state index is 5.26. The molecule has 0 N–H and O–H groups in total. The summed E-state index contributed by atoms with van der Waals surface area (Å²) in [7, 11) is 0. The number of benzene rings is 7. The summed E-state index contributed by atoms with van der Waals surface area (Å²) in [6.45, 7) is 0. The van der Waals surface area contributed by atoms with Crippen molar-refractivity contribution in [1.82, 2.24) is 23.7 Å². The first-order valence-corrected chi connectivity index (χ1v) is 18.2. The van der Waals surface area contributed by atoms with Gasteiger partial charge in [-0.2, -0.15) is 8.75 Å². The summed E-state index contributed by atoms with van der Waals surface area (Å²) in [4.78, 5) is 15.5. The van der Waals surface area contributed by atoms with Gasteiger partial charge < -0.3 is 0 Å². The molecule has 3 heterocycles. The quantitative estimate of drug-likeness (QED) is 0.162. The van der Waals surface area contributed by atoms with Crippen LogP contribution in [0.2, 0.25) is 0 Å². The smallest absolute Gasteiger partial charge is 0.160 e. The molecule has 0 unspecified atom stereocenters. The first-order chi connectivity index (χ1) is 26.2. The normalized spacial score (nSPS) is 11.4. The van der Waals surface area contributed by atoms with Crippen LogP contribution >= 0.6 is 11.7 Å². The van der Waals surface area contributed by atoms with Gasteiger partial charge in [-0.05, 0) is 52.6 Å². The molecule has 5 nitrogen and oxygen atoms in total. The lowest BCUT2D eigenvalue weighted by atomic mass is 9.96. The predicted octanol–water partition coefficient (Wildman–Crippen LogP) is 12.2. The Balaban J connectivity index is 1.07. The summed E-state index contributed by atoms with van der Waals surface area (Å²) < 4.78 is 9.25. The van der Waals surface area contributed by atoms with Gasteiger partial charge in [0, 0.05) is 38.4 Å². The Labute approximate surface area is 310 Å². The largest absolute Gasteiger partial charge is 0.247 e. The highest BCUT2D eigenvalue weighted by Crippen LogP contribution is 2.38. The van der Waals surface area contributed by atoms with Gasteiger partial charge in [0.25, 0.3) is 0 Å². The summed E-state index contributed by atoms with van der Waals surface area (Å²) in [6, 6.07) is 60.9. The SMILES string of the molecule is c1ccc(-c2cccc(-c3nc(-c4ccccc4)cc(-c4ccc(-c5ccc6c(c5)nc(-c5ccccc5)c5ccc7nsnc7c56)cc4)n3)c2)cc1. The lowest BCUT2D eigenvalue weighted by molar-refractivity contribution is 1.18. The van der Waals surface area contributed by atoms with E-state index in [1.807, 2.05) is 36.4 Å².